The van der Waals surface area contributed by atoms with Crippen LogP contribution in [0.3, 0.4) is 0 Å². The van der Waals surface area contributed by atoms with Crippen LogP contribution in [-0.2, 0) is 11.2 Å². The first kappa shape index (κ1) is 18.8. The molecule has 0 spiro atoms. The van der Waals surface area contributed by atoms with Gasteiger partial charge in [-0.3, -0.25) is 4.79 Å². The fourth-order valence-electron chi connectivity index (χ4n) is 2.55. The molecular weight excluding hydrogens is 312 g/mol. The maximum Gasteiger partial charge on any atom is 0.243 e. The Bertz CT molecular complexity index is 694. The summed E-state index contributed by atoms with van der Waals surface area (Å²) in [4.78, 5) is 12.2. The molecule has 0 aliphatic heterocycles. The summed E-state index contributed by atoms with van der Waals surface area (Å²) < 4.78 is 5.65. The first-order chi connectivity index (χ1) is 12.0. The first-order valence-corrected chi connectivity index (χ1v) is 8.84. The summed E-state index contributed by atoms with van der Waals surface area (Å²) in [5.74, 6) is 1.23. The van der Waals surface area contributed by atoms with Crippen LogP contribution in [-0.4, -0.2) is 19.1 Å². The number of carbonyl (C=O) groups is 1. The topological polar surface area (TPSA) is 50.4 Å². The zero-order valence-corrected chi connectivity index (χ0v) is 15.6. The number of para-hydroxylation sites is 1. The quantitative estimate of drug-likeness (QED) is 0.736. The van der Waals surface area contributed by atoms with Gasteiger partial charge in [0.2, 0.25) is 5.91 Å². The van der Waals surface area contributed by atoms with Crippen LogP contribution in [0.2, 0.25) is 0 Å². The van der Waals surface area contributed by atoms with Gasteiger partial charge in [0.25, 0.3) is 0 Å². The molecule has 4 heteroatoms. The summed E-state index contributed by atoms with van der Waals surface area (Å²) in [6.45, 7) is 9.31. The van der Waals surface area contributed by atoms with Gasteiger partial charge in [0, 0.05) is 11.4 Å². The first-order valence-electron chi connectivity index (χ1n) is 8.84. The summed E-state index contributed by atoms with van der Waals surface area (Å²) >= 11 is 0. The number of carbonyl (C=O) groups excluding carboxylic acids is 1. The second kappa shape index (κ2) is 9.11. The third-order valence-electron chi connectivity index (χ3n) is 3.89. The van der Waals surface area contributed by atoms with Gasteiger partial charge in [-0.1, -0.05) is 39.0 Å². The molecule has 0 saturated heterocycles. The van der Waals surface area contributed by atoms with Crippen LogP contribution in [0.15, 0.2) is 42.5 Å². The lowest BCUT2D eigenvalue weighted by Crippen LogP contribution is -2.22. The van der Waals surface area contributed by atoms with Gasteiger partial charge in [-0.05, 0) is 54.7 Å². The Morgan fingerprint density at radius 1 is 1.12 bits per heavy atom. The predicted molar refractivity (Wildman–Crippen MR) is 104 cm³/mol. The molecule has 0 aromatic heterocycles. The van der Waals surface area contributed by atoms with Crippen LogP contribution in [0, 0.1) is 12.8 Å². The standard InChI is InChI=1S/C21H28N2O2/c1-5-17-8-6-7-16(4)21(17)22-13-20(24)23-18-9-11-19(12-10-18)25-14-15(2)3/h6-12,15,22H,5,13-14H2,1-4H3,(H,23,24). The number of hydrogen-bond acceptors (Lipinski definition) is 3. The molecule has 134 valence electrons. The molecule has 0 saturated carbocycles. The highest BCUT2D eigenvalue weighted by molar-refractivity contribution is 5.94. The Labute approximate surface area is 150 Å². The number of nitrogens with one attached hydrogen (secondary N) is 2. The predicted octanol–water partition coefficient (Wildman–Crippen LogP) is 4.64. The van der Waals surface area contributed by atoms with E-state index in [2.05, 4.69) is 50.5 Å². The molecule has 0 aliphatic carbocycles. The minimum Gasteiger partial charge on any atom is -0.493 e. The van der Waals surface area contributed by atoms with Gasteiger partial charge in [0.15, 0.2) is 0 Å². The number of benzene rings is 2. The minimum atomic E-state index is -0.0684. The van der Waals surface area contributed by atoms with Crippen molar-refractivity contribution in [1.29, 1.82) is 0 Å². The molecule has 0 bridgehead atoms. The summed E-state index contributed by atoms with van der Waals surface area (Å²) in [5, 5.41) is 6.16. The van der Waals surface area contributed by atoms with Crippen molar-refractivity contribution in [1.82, 2.24) is 0 Å². The van der Waals surface area contributed by atoms with E-state index in [-0.39, 0.29) is 12.5 Å². The normalized spacial score (nSPS) is 10.6. The average Bonchev–Trinajstić information content (AvgIpc) is 2.59. The van der Waals surface area contributed by atoms with Crippen molar-refractivity contribution in [2.75, 3.05) is 23.8 Å². The Hall–Kier alpha value is -2.49. The molecule has 0 fully saturated rings. The van der Waals surface area contributed by atoms with Gasteiger partial charge in [-0.15, -0.1) is 0 Å². The van der Waals surface area contributed by atoms with E-state index in [4.69, 9.17) is 4.74 Å². The lowest BCUT2D eigenvalue weighted by molar-refractivity contribution is -0.114. The Kier molecular flexibility index (Phi) is 6.87. The number of aryl methyl sites for hydroxylation is 2. The molecule has 4 nitrogen and oxygen atoms in total. The Morgan fingerprint density at radius 3 is 2.48 bits per heavy atom. The van der Waals surface area contributed by atoms with Gasteiger partial charge < -0.3 is 15.4 Å². The van der Waals surface area contributed by atoms with Crippen molar-refractivity contribution >= 4 is 17.3 Å². The smallest absolute Gasteiger partial charge is 0.243 e. The fraction of sp³-hybridized carbons (Fsp3) is 0.381. The van der Waals surface area contributed by atoms with Gasteiger partial charge in [0.1, 0.15) is 5.75 Å². The third-order valence-corrected chi connectivity index (χ3v) is 3.89. The van der Waals surface area contributed by atoms with Crippen molar-refractivity contribution < 1.29 is 9.53 Å². The van der Waals surface area contributed by atoms with Crippen LogP contribution in [0.4, 0.5) is 11.4 Å². The molecule has 2 aromatic rings. The molecule has 25 heavy (non-hydrogen) atoms. The van der Waals surface area contributed by atoms with Crippen molar-refractivity contribution in [2.45, 2.75) is 34.1 Å². The van der Waals surface area contributed by atoms with E-state index in [9.17, 15) is 4.79 Å². The van der Waals surface area contributed by atoms with E-state index >= 15 is 0 Å². The molecule has 1 amide bonds. The highest BCUT2D eigenvalue weighted by atomic mass is 16.5. The largest absolute Gasteiger partial charge is 0.493 e. The van der Waals surface area contributed by atoms with Gasteiger partial charge in [0.05, 0.1) is 13.2 Å². The molecule has 0 heterocycles. The molecule has 0 unspecified atom stereocenters. The summed E-state index contributed by atoms with van der Waals surface area (Å²) in [6.07, 6.45) is 0.934. The van der Waals surface area contributed by atoms with Gasteiger partial charge in [-0.2, -0.15) is 0 Å². The monoisotopic (exact) mass is 340 g/mol. The number of anilines is 2. The molecule has 2 rings (SSSR count). The van der Waals surface area contributed by atoms with Crippen LogP contribution in [0.25, 0.3) is 0 Å². The highest BCUT2D eigenvalue weighted by Crippen LogP contribution is 2.21. The molecule has 2 aromatic carbocycles. The van der Waals surface area contributed by atoms with E-state index in [1.807, 2.05) is 30.3 Å². The van der Waals surface area contributed by atoms with E-state index < -0.39 is 0 Å². The van der Waals surface area contributed by atoms with Crippen LogP contribution in [0.1, 0.15) is 31.9 Å². The van der Waals surface area contributed by atoms with Crippen molar-refractivity contribution in [2.24, 2.45) is 5.92 Å². The maximum absolute atomic E-state index is 12.2. The van der Waals surface area contributed by atoms with Crippen molar-refractivity contribution in [3.8, 4) is 5.75 Å². The second-order valence-electron chi connectivity index (χ2n) is 6.59. The number of amides is 1. The minimum absolute atomic E-state index is 0.0684. The summed E-state index contributed by atoms with van der Waals surface area (Å²) in [6, 6.07) is 13.7. The zero-order chi connectivity index (χ0) is 18.2. The number of hydrogen-bond donors (Lipinski definition) is 2. The fourth-order valence-corrected chi connectivity index (χ4v) is 2.55. The molecule has 0 atom stereocenters. The van der Waals surface area contributed by atoms with E-state index in [0.717, 1.165) is 29.1 Å². The molecule has 2 N–H and O–H groups in total. The van der Waals surface area contributed by atoms with Gasteiger partial charge in [-0.25, -0.2) is 0 Å². The van der Waals surface area contributed by atoms with E-state index in [1.54, 1.807) is 0 Å². The number of rotatable bonds is 8. The van der Waals surface area contributed by atoms with Crippen LogP contribution >= 0.6 is 0 Å². The van der Waals surface area contributed by atoms with E-state index in [1.165, 1.54) is 5.56 Å². The average molecular weight is 340 g/mol. The Balaban J connectivity index is 1.88. The summed E-state index contributed by atoms with van der Waals surface area (Å²) in [5.41, 5.74) is 4.19. The second-order valence-corrected chi connectivity index (χ2v) is 6.59. The maximum atomic E-state index is 12.2. The Morgan fingerprint density at radius 2 is 1.84 bits per heavy atom. The lowest BCUT2D eigenvalue weighted by atomic mass is 10.1. The molecular formula is C21H28N2O2. The lowest BCUT2D eigenvalue weighted by Gasteiger charge is -2.14. The molecule has 0 aliphatic rings. The van der Waals surface area contributed by atoms with Crippen LogP contribution < -0.4 is 15.4 Å². The van der Waals surface area contributed by atoms with Crippen molar-refractivity contribution in [3.63, 3.8) is 0 Å². The van der Waals surface area contributed by atoms with Crippen LogP contribution in [0.5, 0.6) is 5.75 Å². The number of ether oxygens (including phenoxy) is 1. The van der Waals surface area contributed by atoms with Crippen molar-refractivity contribution in [3.05, 3.63) is 53.6 Å². The molecule has 0 radical (unpaired) electrons. The SMILES string of the molecule is CCc1cccc(C)c1NCC(=O)Nc1ccc(OCC(C)C)cc1. The zero-order valence-electron chi connectivity index (χ0n) is 15.6. The third kappa shape index (κ3) is 5.82. The van der Waals surface area contributed by atoms with Gasteiger partial charge >= 0.3 is 0 Å². The highest BCUT2D eigenvalue weighted by Gasteiger charge is 2.07. The van der Waals surface area contributed by atoms with E-state index in [0.29, 0.717) is 12.5 Å². The summed E-state index contributed by atoms with van der Waals surface area (Å²) in [7, 11) is 0.